The van der Waals surface area contributed by atoms with Crippen LogP contribution in [0.1, 0.15) is 40.7 Å². The minimum atomic E-state index is 0.0591. The first-order valence-electron chi connectivity index (χ1n) is 7.28. The number of benzene rings is 1. The van der Waals surface area contributed by atoms with Crippen molar-refractivity contribution in [3.8, 4) is 11.3 Å². The molecule has 4 rings (SSSR count). The Hall–Kier alpha value is -1.87. The van der Waals surface area contributed by atoms with Gasteiger partial charge in [-0.2, -0.15) is 0 Å². The summed E-state index contributed by atoms with van der Waals surface area (Å²) in [5.74, 6) is 0. The lowest BCUT2D eigenvalue weighted by Gasteiger charge is -2.18. The van der Waals surface area contributed by atoms with Crippen molar-refractivity contribution in [3.63, 3.8) is 0 Å². The number of nitrogens with one attached hydrogen (secondary N) is 1. The van der Waals surface area contributed by atoms with E-state index < -0.39 is 0 Å². The Kier molecular flexibility index (Phi) is 2.57. The second-order valence-corrected chi connectivity index (χ2v) is 5.75. The standard InChI is InChI=1S/C17H17NO2/c19-9-10-4-3-7-12-14(10)8-15-11-5-1-2-6-13(11)17(20)18-16(12)15/h3-4,7,19H,1-2,5-6,8-9H2,(H,18,20). The lowest BCUT2D eigenvalue weighted by Crippen LogP contribution is -2.21. The quantitative estimate of drug-likeness (QED) is 0.711. The molecule has 2 aromatic rings. The van der Waals surface area contributed by atoms with Gasteiger partial charge in [0.05, 0.1) is 12.3 Å². The predicted octanol–water partition coefficient (Wildman–Crippen LogP) is 2.32. The summed E-state index contributed by atoms with van der Waals surface area (Å²) in [4.78, 5) is 15.4. The molecule has 0 bridgehead atoms. The van der Waals surface area contributed by atoms with Crippen LogP contribution in [0.3, 0.4) is 0 Å². The molecule has 0 radical (unpaired) electrons. The SMILES string of the molecule is O=c1[nH]c2c(c3c1CCCC3)Cc1c(CO)cccc1-2. The summed E-state index contributed by atoms with van der Waals surface area (Å²) in [6, 6.07) is 5.97. The Morgan fingerprint density at radius 3 is 2.65 bits per heavy atom. The minimum Gasteiger partial charge on any atom is -0.392 e. The topological polar surface area (TPSA) is 53.1 Å². The van der Waals surface area contributed by atoms with E-state index >= 15 is 0 Å². The third-order valence-corrected chi connectivity index (χ3v) is 4.71. The zero-order chi connectivity index (χ0) is 13.7. The average molecular weight is 267 g/mol. The van der Waals surface area contributed by atoms with Gasteiger partial charge in [0.2, 0.25) is 0 Å². The first-order chi connectivity index (χ1) is 9.79. The molecular formula is C17H17NO2. The average Bonchev–Trinajstić information content (AvgIpc) is 2.86. The van der Waals surface area contributed by atoms with Crippen molar-refractivity contribution in [2.24, 2.45) is 0 Å². The zero-order valence-electron chi connectivity index (χ0n) is 11.3. The summed E-state index contributed by atoms with van der Waals surface area (Å²) in [6.07, 6.45) is 5.06. The van der Waals surface area contributed by atoms with E-state index in [-0.39, 0.29) is 12.2 Å². The van der Waals surface area contributed by atoms with Crippen LogP contribution in [0.15, 0.2) is 23.0 Å². The maximum absolute atomic E-state index is 12.3. The van der Waals surface area contributed by atoms with Gasteiger partial charge in [0, 0.05) is 17.5 Å². The molecule has 3 nitrogen and oxygen atoms in total. The number of hydrogen-bond donors (Lipinski definition) is 2. The third-order valence-electron chi connectivity index (χ3n) is 4.71. The van der Waals surface area contributed by atoms with E-state index in [1.54, 1.807) is 0 Å². The Labute approximate surface area is 117 Å². The predicted molar refractivity (Wildman–Crippen MR) is 77.9 cm³/mol. The summed E-state index contributed by atoms with van der Waals surface area (Å²) in [5.41, 5.74) is 7.88. The van der Waals surface area contributed by atoms with E-state index in [9.17, 15) is 9.90 Å². The van der Waals surface area contributed by atoms with Gasteiger partial charge in [-0.3, -0.25) is 4.79 Å². The van der Waals surface area contributed by atoms with Crippen molar-refractivity contribution >= 4 is 0 Å². The normalized spacial score (nSPS) is 15.7. The zero-order valence-corrected chi connectivity index (χ0v) is 11.3. The van der Waals surface area contributed by atoms with Crippen LogP contribution in [0.4, 0.5) is 0 Å². The molecule has 0 aliphatic heterocycles. The molecule has 0 spiro atoms. The fourth-order valence-electron chi connectivity index (χ4n) is 3.73. The Bertz CT molecular complexity index is 758. The molecule has 0 unspecified atom stereocenters. The highest BCUT2D eigenvalue weighted by atomic mass is 16.3. The van der Waals surface area contributed by atoms with E-state index in [2.05, 4.69) is 4.98 Å². The number of aromatic amines is 1. The van der Waals surface area contributed by atoms with Crippen LogP contribution in [0.2, 0.25) is 0 Å². The van der Waals surface area contributed by atoms with Crippen LogP contribution >= 0.6 is 0 Å². The number of aliphatic hydroxyl groups excluding tert-OH is 1. The molecule has 0 saturated carbocycles. The molecule has 2 N–H and O–H groups in total. The van der Waals surface area contributed by atoms with E-state index in [1.165, 1.54) is 23.1 Å². The number of fused-ring (bicyclic) bond motifs is 5. The molecule has 2 aliphatic rings. The van der Waals surface area contributed by atoms with Crippen molar-refractivity contribution in [2.75, 3.05) is 0 Å². The Morgan fingerprint density at radius 1 is 1.05 bits per heavy atom. The number of pyridine rings is 1. The first kappa shape index (κ1) is 11.9. The maximum atomic E-state index is 12.3. The van der Waals surface area contributed by atoms with Crippen LogP contribution in [0.25, 0.3) is 11.3 Å². The second kappa shape index (κ2) is 4.32. The highest BCUT2D eigenvalue weighted by Gasteiger charge is 2.27. The summed E-state index contributed by atoms with van der Waals surface area (Å²) in [6.45, 7) is 0.0591. The fourth-order valence-corrected chi connectivity index (χ4v) is 3.73. The van der Waals surface area contributed by atoms with Crippen LogP contribution in [-0.4, -0.2) is 10.1 Å². The van der Waals surface area contributed by atoms with E-state index in [1.807, 2.05) is 18.2 Å². The summed E-state index contributed by atoms with van der Waals surface area (Å²) in [5, 5.41) is 9.50. The molecular weight excluding hydrogens is 250 g/mol. The Balaban J connectivity index is 2.00. The number of aromatic nitrogens is 1. The lowest BCUT2D eigenvalue weighted by molar-refractivity contribution is 0.281. The minimum absolute atomic E-state index is 0.0591. The lowest BCUT2D eigenvalue weighted by atomic mass is 9.88. The van der Waals surface area contributed by atoms with Crippen molar-refractivity contribution in [1.29, 1.82) is 0 Å². The van der Waals surface area contributed by atoms with Crippen molar-refractivity contribution in [3.05, 3.63) is 56.4 Å². The molecule has 20 heavy (non-hydrogen) atoms. The largest absolute Gasteiger partial charge is 0.392 e. The van der Waals surface area contributed by atoms with Crippen LogP contribution in [0, 0.1) is 0 Å². The van der Waals surface area contributed by atoms with Gasteiger partial charge < -0.3 is 10.1 Å². The molecule has 0 atom stereocenters. The van der Waals surface area contributed by atoms with Gasteiger partial charge in [-0.25, -0.2) is 0 Å². The number of aliphatic hydroxyl groups is 1. The molecule has 1 heterocycles. The molecule has 1 aromatic carbocycles. The molecule has 0 fully saturated rings. The maximum Gasteiger partial charge on any atom is 0.251 e. The van der Waals surface area contributed by atoms with E-state index in [0.29, 0.717) is 0 Å². The van der Waals surface area contributed by atoms with Gasteiger partial charge in [-0.05, 0) is 47.9 Å². The number of hydrogen-bond acceptors (Lipinski definition) is 2. The molecule has 2 aliphatic carbocycles. The number of H-pyrrole nitrogens is 1. The highest BCUT2D eigenvalue weighted by Crippen LogP contribution is 2.40. The van der Waals surface area contributed by atoms with Crippen molar-refractivity contribution < 1.29 is 5.11 Å². The molecule has 1 aromatic heterocycles. The van der Waals surface area contributed by atoms with Crippen LogP contribution in [-0.2, 0) is 25.9 Å². The molecule has 0 saturated heterocycles. The summed E-state index contributed by atoms with van der Waals surface area (Å²) < 4.78 is 0. The number of rotatable bonds is 1. The fraction of sp³-hybridized carbons (Fsp3) is 0.353. The van der Waals surface area contributed by atoms with Crippen LogP contribution < -0.4 is 5.56 Å². The molecule has 102 valence electrons. The van der Waals surface area contributed by atoms with Gasteiger partial charge in [0.25, 0.3) is 5.56 Å². The van der Waals surface area contributed by atoms with Gasteiger partial charge >= 0.3 is 0 Å². The Morgan fingerprint density at radius 2 is 1.85 bits per heavy atom. The second-order valence-electron chi connectivity index (χ2n) is 5.75. The monoisotopic (exact) mass is 267 g/mol. The van der Waals surface area contributed by atoms with Gasteiger partial charge in [-0.15, -0.1) is 0 Å². The van der Waals surface area contributed by atoms with Crippen molar-refractivity contribution in [1.82, 2.24) is 4.98 Å². The van der Waals surface area contributed by atoms with E-state index in [4.69, 9.17) is 0 Å². The third kappa shape index (κ3) is 1.53. The van der Waals surface area contributed by atoms with E-state index in [0.717, 1.165) is 48.1 Å². The summed E-state index contributed by atoms with van der Waals surface area (Å²) in [7, 11) is 0. The first-order valence-corrected chi connectivity index (χ1v) is 7.28. The van der Waals surface area contributed by atoms with Crippen LogP contribution in [0.5, 0.6) is 0 Å². The molecule has 0 amide bonds. The van der Waals surface area contributed by atoms with Gasteiger partial charge in [0.15, 0.2) is 0 Å². The summed E-state index contributed by atoms with van der Waals surface area (Å²) >= 11 is 0. The van der Waals surface area contributed by atoms with Gasteiger partial charge in [0.1, 0.15) is 0 Å². The van der Waals surface area contributed by atoms with Gasteiger partial charge in [-0.1, -0.05) is 18.2 Å². The highest BCUT2D eigenvalue weighted by molar-refractivity contribution is 5.76. The molecule has 3 heteroatoms. The van der Waals surface area contributed by atoms with Crippen molar-refractivity contribution in [2.45, 2.75) is 38.7 Å². The smallest absolute Gasteiger partial charge is 0.251 e.